The zero-order chi connectivity index (χ0) is 22.1. The zero-order valence-corrected chi connectivity index (χ0v) is 16.7. The van der Waals surface area contributed by atoms with Crippen molar-refractivity contribution in [3.05, 3.63) is 35.4 Å². The van der Waals surface area contributed by atoms with Gasteiger partial charge in [0.15, 0.2) is 16.1 Å². The van der Waals surface area contributed by atoms with Crippen LogP contribution in [0.4, 0.5) is 26.3 Å². The van der Waals surface area contributed by atoms with Crippen molar-refractivity contribution in [1.82, 2.24) is 25.1 Å². The molecule has 1 N–H and O–H groups in total. The minimum Gasteiger partial charge on any atom is -0.481 e. The summed E-state index contributed by atoms with van der Waals surface area (Å²) in [5, 5.41) is 7.14. The first-order valence-electron chi connectivity index (χ1n) is 7.87. The molecular formula is C16H11F6N5OS2. The van der Waals surface area contributed by atoms with E-state index in [4.69, 9.17) is 4.74 Å². The van der Waals surface area contributed by atoms with Crippen LogP contribution in [0.15, 0.2) is 39.6 Å². The smallest absolute Gasteiger partial charge is 0.416 e. The van der Waals surface area contributed by atoms with E-state index in [2.05, 4.69) is 25.1 Å². The summed E-state index contributed by atoms with van der Waals surface area (Å²) in [6.07, 6.45) is -8.17. The van der Waals surface area contributed by atoms with Crippen molar-refractivity contribution in [2.75, 3.05) is 13.4 Å². The second-order valence-corrected chi connectivity index (χ2v) is 7.38. The van der Waals surface area contributed by atoms with Crippen LogP contribution in [-0.2, 0) is 12.4 Å². The molecule has 0 spiro atoms. The molecule has 6 nitrogen and oxygen atoms in total. The Kier molecular flexibility index (Phi) is 6.17. The zero-order valence-electron chi connectivity index (χ0n) is 15.1. The molecule has 0 radical (unpaired) electrons. The Morgan fingerprint density at radius 2 is 1.53 bits per heavy atom. The van der Waals surface area contributed by atoms with Gasteiger partial charge < -0.3 is 4.74 Å². The maximum atomic E-state index is 13.0. The molecule has 2 aromatic heterocycles. The largest absolute Gasteiger partial charge is 0.481 e. The molecule has 3 rings (SSSR count). The van der Waals surface area contributed by atoms with Crippen LogP contribution in [0.3, 0.4) is 0 Å². The van der Waals surface area contributed by atoms with E-state index in [9.17, 15) is 26.3 Å². The van der Waals surface area contributed by atoms with Gasteiger partial charge in [-0.2, -0.15) is 36.4 Å². The lowest BCUT2D eigenvalue weighted by Gasteiger charge is -2.13. The number of nitrogens with zero attached hydrogens (tertiary/aromatic N) is 4. The third-order valence-electron chi connectivity index (χ3n) is 3.56. The summed E-state index contributed by atoms with van der Waals surface area (Å²) in [4.78, 5) is 12.3. The monoisotopic (exact) mass is 467 g/mol. The number of halogens is 6. The van der Waals surface area contributed by atoms with Crippen molar-refractivity contribution in [2.24, 2.45) is 0 Å². The molecule has 2 heterocycles. The lowest BCUT2D eigenvalue weighted by molar-refractivity contribution is -0.143. The highest BCUT2D eigenvalue weighted by Crippen LogP contribution is 2.38. The second-order valence-electron chi connectivity index (χ2n) is 5.60. The molecule has 30 heavy (non-hydrogen) atoms. The van der Waals surface area contributed by atoms with Crippen molar-refractivity contribution < 1.29 is 31.1 Å². The van der Waals surface area contributed by atoms with Crippen LogP contribution >= 0.6 is 23.5 Å². The van der Waals surface area contributed by atoms with E-state index in [1.165, 1.54) is 24.9 Å². The van der Waals surface area contributed by atoms with Crippen LogP contribution in [0.5, 0.6) is 5.88 Å². The molecular weight excluding hydrogens is 456 g/mol. The summed E-state index contributed by atoms with van der Waals surface area (Å²) in [5.74, 6) is -0.0375. The fraction of sp³-hybridized carbons (Fsp3) is 0.250. The lowest BCUT2D eigenvalue weighted by atomic mass is 10.0. The summed E-state index contributed by atoms with van der Waals surface area (Å²) in [6, 6.07) is 2.67. The van der Waals surface area contributed by atoms with Gasteiger partial charge in [-0.05, 0) is 36.2 Å². The maximum absolute atomic E-state index is 13.0. The number of thioether (sulfide) groups is 1. The van der Waals surface area contributed by atoms with Crippen LogP contribution in [-0.4, -0.2) is 38.5 Å². The summed E-state index contributed by atoms with van der Waals surface area (Å²) >= 11 is 2.22. The molecule has 160 valence electrons. The van der Waals surface area contributed by atoms with Gasteiger partial charge >= 0.3 is 12.4 Å². The number of H-pyrrole nitrogens is 1. The fourth-order valence-electron chi connectivity index (χ4n) is 2.24. The third-order valence-corrected chi connectivity index (χ3v) is 4.90. The van der Waals surface area contributed by atoms with Crippen LogP contribution in [0.25, 0.3) is 11.4 Å². The predicted octanol–water partition coefficient (Wildman–Crippen LogP) is 5.18. The van der Waals surface area contributed by atoms with Crippen molar-refractivity contribution in [3.8, 4) is 17.3 Å². The summed E-state index contributed by atoms with van der Waals surface area (Å²) < 4.78 is 83.3. The van der Waals surface area contributed by atoms with E-state index in [1.807, 2.05) is 0 Å². The number of rotatable bonds is 5. The van der Waals surface area contributed by atoms with Gasteiger partial charge in [0, 0.05) is 11.6 Å². The van der Waals surface area contributed by atoms with Gasteiger partial charge in [0.2, 0.25) is 5.88 Å². The summed E-state index contributed by atoms with van der Waals surface area (Å²) in [7, 11) is 1.42. The van der Waals surface area contributed by atoms with E-state index < -0.39 is 29.0 Å². The Labute approximate surface area is 173 Å². The molecule has 0 fully saturated rings. The molecule has 0 atom stereocenters. The van der Waals surface area contributed by atoms with Crippen LogP contribution in [0, 0.1) is 0 Å². The number of hydrogen-bond donors (Lipinski definition) is 1. The Morgan fingerprint density at radius 1 is 0.900 bits per heavy atom. The highest BCUT2D eigenvalue weighted by Gasteiger charge is 2.37. The predicted molar refractivity (Wildman–Crippen MR) is 96.3 cm³/mol. The van der Waals surface area contributed by atoms with Crippen LogP contribution < -0.4 is 4.74 Å². The number of nitrogens with one attached hydrogen (secondary N) is 1. The van der Waals surface area contributed by atoms with Gasteiger partial charge in [-0.25, -0.2) is 9.97 Å². The third kappa shape index (κ3) is 5.16. The molecule has 0 saturated heterocycles. The number of aromatic nitrogens is 5. The number of hydrogen-bond acceptors (Lipinski definition) is 7. The van der Waals surface area contributed by atoms with Gasteiger partial charge in [0.1, 0.15) is 5.03 Å². The highest BCUT2D eigenvalue weighted by molar-refractivity contribution is 7.99. The number of ether oxygens (including phenoxy) is 1. The quantitative estimate of drug-likeness (QED) is 0.240. The molecule has 0 bridgehead atoms. The van der Waals surface area contributed by atoms with Crippen molar-refractivity contribution in [1.29, 1.82) is 0 Å². The minimum atomic E-state index is -4.96. The number of alkyl halides is 6. The Morgan fingerprint density at radius 3 is 2.07 bits per heavy atom. The first kappa shape index (κ1) is 22.2. The van der Waals surface area contributed by atoms with E-state index in [-0.39, 0.29) is 22.9 Å². The minimum absolute atomic E-state index is 0.0446. The van der Waals surface area contributed by atoms with Gasteiger partial charge in [0.25, 0.3) is 0 Å². The molecule has 14 heteroatoms. The lowest BCUT2D eigenvalue weighted by Crippen LogP contribution is -2.11. The maximum Gasteiger partial charge on any atom is 0.416 e. The van der Waals surface area contributed by atoms with Gasteiger partial charge in [0.05, 0.1) is 18.2 Å². The molecule has 0 saturated carbocycles. The second kappa shape index (κ2) is 8.34. The first-order valence-corrected chi connectivity index (χ1v) is 9.91. The normalized spacial score (nSPS) is 12.3. The Balaban J connectivity index is 1.96. The highest BCUT2D eigenvalue weighted by atomic mass is 32.2. The molecule has 0 aliphatic heterocycles. The standard InChI is InChI=1S/C16H11F6N5OS2/c1-28-10-6-11(24-13(23-10)29-2)30-14-25-12(26-27-14)7-3-8(15(17,18)19)5-9(4-7)16(20,21)22/h3-6H,1-2H3,(H,25,26,27). The SMILES string of the molecule is COc1cc(Sc2nc(-c3cc(C(F)(F)F)cc(C(F)(F)F)c3)n[nH]2)nc(SC)n1. The van der Waals surface area contributed by atoms with E-state index in [1.54, 1.807) is 6.26 Å². The Hall–Kier alpha value is -2.48. The van der Waals surface area contributed by atoms with E-state index in [0.717, 1.165) is 11.8 Å². The molecule has 0 aliphatic rings. The molecule has 0 amide bonds. The molecule has 1 aromatic carbocycles. The number of methoxy groups -OCH3 is 1. The van der Waals surface area contributed by atoms with Crippen LogP contribution in [0.2, 0.25) is 0 Å². The van der Waals surface area contributed by atoms with Crippen LogP contribution in [0.1, 0.15) is 11.1 Å². The van der Waals surface area contributed by atoms with Crippen molar-refractivity contribution >= 4 is 23.5 Å². The topological polar surface area (TPSA) is 76.6 Å². The Bertz CT molecular complexity index is 999. The molecule has 0 unspecified atom stereocenters. The van der Waals surface area contributed by atoms with Gasteiger partial charge in [-0.3, -0.25) is 5.10 Å². The van der Waals surface area contributed by atoms with E-state index >= 15 is 0 Å². The van der Waals surface area contributed by atoms with Crippen molar-refractivity contribution in [3.63, 3.8) is 0 Å². The number of benzene rings is 1. The summed E-state index contributed by atoms with van der Waals surface area (Å²) in [5.41, 5.74) is -3.32. The van der Waals surface area contributed by atoms with E-state index in [0.29, 0.717) is 22.3 Å². The average Bonchev–Trinajstić information content (AvgIpc) is 3.14. The molecule has 0 aliphatic carbocycles. The first-order chi connectivity index (χ1) is 14.0. The number of aromatic amines is 1. The fourth-order valence-corrected chi connectivity index (χ4v) is 3.38. The van der Waals surface area contributed by atoms with Gasteiger partial charge in [-0.1, -0.05) is 11.8 Å². The van der Waals surface area contributed by atoms with Crippen molar-refractivity contribution in [2.45, 2.75) is 27.7 Å². The molecule has 3 aromatic rings. The average molecular weight is 467 g/mol. The van der Waals surface area contributed by atoms with Gasteiger partial charge in [-0.15, -0.1) is 0 Å². The summed E-state index contributed by atoms with van der Waals surface area (Å²) in [6.45, 7) is 0.